The molecule has 6 heteroatoms. The number of nitrogens with zero attached hydrogens (tertiary/aromatic N) is 2. The molecule has 2 rings (SSSR count). The predicted octanol–water partition coefficient (Wildman–Crippen LogP) is 2.20. The topological polar surface area (TPSA) is 89.4 Å². The Hall–Kier alpha value is -1.53. The predicted molar refractivity (Wildman–Crippen MR) is 87.0 cm³/mol. The van der Waals surface area contributed by atoms with Gasteiger partial charge in [0, 0.05) is 19.0 Å². The van der Waals surface area contributed by atoms with Gasteiger partial charge in [0.1, 0.15) is 0 Å². The molecule has 0 aliphatic carbocycles. The molecule has 1 unspecified atom stereocenters. The van der Waals surface area contributed by atoms with Crippen molar-refractivity contribution in [2.45, 2.75) is 39.0 Å². The smallest absolute Gasteiger partial charge is 0.0988 e. The van der Waals surface area contributed by atoms with Gasteiger partial charge >= 0.3 is 0 Å². The zero-order chi connectivity index (χ0) is 15.2. The van der Waals surface area contributed by atoms with Crippen molar-refractivity contribution < 1.29 is 4.74 Å². The molecule has 1 fully saturated rings. The van der Waals surface area contributed by atoms with Gasteiger partial charge < -0.3 is 21.6 Å². The molecule has 0 saturated carbocycles. The summed E-state index contributed by atoms with van der Waals surface area (Å²) in [5.41, 5.74) is 18.8. The summed E-state index contributed by atoms with van der Waals surface area (Å²) in [4.78, 5) is 4.49. The molecule has 1 aromatic rings. The maximum atomic E-state index is 6.35. The van der Waals surface area contributed by atoms with Gasteiger partial charge in [-0.3, -0.25) is 4.98 Å². The molecule has 1 aliphatic rings. The van der Waals surface area contributed by atoms with Crippen LogP contribution in [0.5, 0.6) is 0 Å². The fourth-order valence-electron chi connectivity index (χ4n) is 2.72. The second-order valence-corrected chi connectivity index (χ2v) is 5.49. The summed E-state index contributed by atoms with van der Waals surface area (Å²) in [7, 11) is 0. The number of pyridine rings is 1. The SMILES string of the molecule is CCCC(CC)c1ncc(N)c(NN2CCOCC2)c1N. The lowest BCUT2D eigenvalue weighted by atomic mass is 9.94. The first-order chi connectivity index (χ1) is 10.2. The maximum Gasteiger partial charge on any atom is 0.0988 e. The summed E-state index contributed by atoms with van der Waals surface area (Å²) in [5, 5.41) is 2.09. The Morgan fingerprint density at radius 1 is 1.33 bits per heavy atom. The Morgan fingerprint density at radius 3 is 2.67 bits per heavy atom. The lowest BCUT2D eigenvalue weighted by Gasteiger charge is -2.29. The van der Waals surface area contributed by atoms with Crippen LogP contribution in [-0.2, 0) is 4.74 Å². The quantitative estimate of drug-likeness (QED) is 0.745. The van der Waals surface area contributed by atoms with E-state index in [-0.39, 0.29) is 0 Å². The van der Waals surface area contributed by atoms with Gasteiger partial charge in [-0.2, -0.15) is 0 Å². The van der Waals surface area contributed by atoms with E-state index in [1.54, 1.807) is 6.20 Å². The summed E-state index contributed by atoms with van der Waals surface area (Å²) in [5.74, 6) is 0.390. The number of morpholine rings is 1. The van der Waals surface area contributed by atoms with Crippen LogP contribution in [0.1, 0.15) is 44.7 Å². The van der Waals surface area contributed by atoms with Gasteiger partial charge in [-0.25, -0.2) is 5.01 Å². The molecule has 2 heterocycles. The zero-order valence-electron chi connectivity index (χ0n) is 13.1. The van der Waals surface area contributed by atoms with E-state index in [0.717, 1.165) is 56.9 Å². The number of nitrogens with one attached hydrogen (secondary N) is 1. The molecule has 1 saturated heterocycles. The van der Waals surface area contributed by atoms with Gasteiger partial charge in [-0.05, 0) is 12.8 Å². The van der Waals surface area contributed by atoms with Crippen molar-refractivity contribution >= 4 is 17.1 Å². The Labute approximate surface area is 126 Å². The largest absolute Gasteiger partial charge is 0.396 e. The number of hydrogen-bond donors (Lipinski definition) is 3. The van der Waals surface area contributed by atoms with Crippen LogP contribution in [0.15, 0.2) is 6.20 Å². The van der Waals surface area contributed by atoms with E-state index in [9.17, 15) is 0 Å². The number of aromatic nitrogens is 1. The minimum atomic E-state index is 0.390. The third kappa shape index (κ3) is 3.77. The lowest BCUT2D eigenvalue weighted by molar-refractivity contribution is 0.0497. The van der Waals surface area contributed by atoms with Gasteiger partial charge in [0.2, 0.25) is 0 Å². The van der Waals surface area contributed by atoms with Crippen LogP contribution in [0, 0.1) is 0 Å². The number of nitrogen functional groups attached to an aromatic ring is 2. The van der Waals surface area contributed by atoms with Crippen molar-refractivity contribution in [1.82, 2.24) is 9.99 Å². The summed E-state index contributed by atoms with van der Waals surface area (Å²) >= 11 is 0. The fourth-order valence-corrected chi connectivity index (χ4v) is 2.72. The van der Waals surface area contributed by atoms with E-state index in [4.69, 9.17) is 16.2 Å². The van der Waals surface area contributed by atoms with E-state index in [1.807, 2.05) is 0 Å². The number of nitrogens with two attached hydrogens (primary N) is 2. The normalized spacial score (nSPS) is 17.6. The van der Waals surface area contributed by atoms with Crippen molar-refractivity contribution in [2.24, 2.45) is 0 Å². The maximum absolute atomic E-state index is 6.35. The highest BCUT2D eigenvalue weighted by Crippen LogP contribution is 2.35. The first-order valence-corrected chi connectivity index (χ1v) is 7.80. The molecule has 1 atom stereocenters. The van der Waals surface area contributed by atoms with Crippen LogP contribution in [0.3, 0.4) is 0 Å². The number of rotatable bonds is 6. The number of hydrogen-bond acceptors (Lipinski definition) is 6. The Bertz CT molecular complexity index is 460. The fraction of sp³-hybridized carbons (Fsp3) is 0.667. The van der Waals surface area contributed by atoms with E-state index >= 15 is 0 Å². The molecular weight excluding hydrogens is 266 g/mol. The average molecular weight is 293 g/mol. The van der Waals surface area contributed by atoms with Gasteiger partial charge in [0.15, 0.2) is 0 Å². The minimum Gasteiger partial charge on any atom is -0.396 e. The minimum absolute atomic E-state index is 0.390. The molecule has 0 bridgehead atoms. The molecular formula is C15H27N5O. The van der Waals surface area contributed by atoms with E-state index in [0.29, 0.717) is 17.3 Å². The average Bonchev–Trinajstić information content (AvgIpc) is 2.51. The molecule has 0 aromatic carbocycles. The van der Waals surface area contributed by atoms with Crippen molar-refractivity contribution in [3.8, 4) is 0 Å². The van der Waals surface area contributed by atoms with Crippen LogP contribution >= 0.6 is 0 Å². The van der Waals surface area contributed by atoms with E-state index in [1.165, 1.54) is 0 Å². The third-order valence-corrected chi connectivity index (χ3v) is 3.97. The van der Waals surface area contributed by atoms with Crippen LogP contribution in [0.4, 0.5) is 17.1 Å². The molecule has 1 aromatic heterocycles. The lowest BCUT2D eigenvalue weighted by Crippen LogP contribution is -2.40. The summed E-state index contributed by atoms with van der Waals surface area (Å²) in [6.07, 6.45) is 4.96. The second kappa shape index (κ2) is 7.47. The molecule has 0 radical (unpaired) electrons. The summed E-state index contributed by atoms with van der Waals surface area (Å²) < 4.78 is 5.35. The highest BCUT2D eigenvalue weighted by molar-refractivity contribution is 5.80. The molecule has 118 valence electrons. The molecule has 0 spiro atoms. The first kappa shape index (κ1) is 15.9. The monoisotopic (exact) mass is 293 g/mol. The highest BCUT2D eigenvalue weighted by Gasteiger charge is 2.19. The van der Waals surface area contributed by atoms with Crippen molar-refractivity contribution in [1.29, 1.82) is 0 Å². The van der Waals surface area contributed by atoms with Gasteiger partial charge in [-0.1, -0.05) is 20.3 Å². The molecule has 5 N–H and O–H groups in total. The molecule has 0 amide bonds. The summed E-state index contributed by atoms with van der Waals surface area (Å²) in [6.45, 7) is 7.44. The van der Waals surface area contributed by atoms with Crippen LogP contribution in [0.2, 0.25) is 0 Å². The number of anilines is 3. The third-order valence-electron chi connectivity index (χ3n) is 3.97. The van der Waals surface area contributed by atoms with Crippen molar-refractivity contribution in [2.75, 3.05) is 43.2 Å². The number of ether oxygens (including phenoxy) is 1. The van der Waals surface area contributed by atoms with Crippen molar-refractivity contribution in [3.63, 3.8) is 0 Å². The molecule has 1 aliphatic heterocycles. The standard InChI is InChI=1S/C15H27N5O/c1-3-5-11(4-2)14-13(17)15(12(16)10-18-14)19-20-6-8-21-9-7-20/h10-11H,3-9,16-17H2,1-2H3,(H,18,19). The van der Waals surface area contributed by atoms with Crippen LogP contribution < -0.4 is 16.9 Å². The van der Waals surface area contributed by atoms with Crippen LogP contribution in [0.25, 0.3) is 0 Å². The van der Waals surface area contributed by atoms with Gasteiger partial charge in [0.25, 0.3) is 0 Å². The van der Waals surface area contributed by atoms with Crippen molar-refractivity contribution in [3.05, 3.63) is 11.9 Å². The van der Waals surface area contributed by atoms with Crippen LogP contribution in [-0.4, -0.2) is 36.3 Å². The molecule has 21 heavy (non-hydrogen) atoms. The Morgan fingerprint density at radius 2 is 2.05 bits per heavy atom. The Kier molecular flexibility index (Phi) is 5.64. The van der Waals surface area contributed by atoms with E-state index < -0.39 is 0 Å². The second-order valence-electron chi connectivity index (χ2n) is 5.49. The van der Waals surface area contributed by atoms with E-state index in [2.05, 4.69) is 29.3 Å². The molecule has 6 nitrogen and oxygen atoms in total. The summed E-state index contributed by atoms with van der Waals surface area (Å²) in [6, 6.07) is 0. The zero-order valence-corrected chi connectivity index (χ0v) is 13.1. The highest BCUT2D eigenvalue weighted by atomic mass is 16.5. The number of hydrazine groups is 1. The Balaban J connectivity index is 2.23. The van der Waals surface area contributed by atoms with Gasteiger partial charge in [-0.15, -0.1) is 0 Å². The first-order valence-electron chi connectivity index (χ1n) is 7.80. The van der Waals surface area contributed by atoms with Gasteiger partial charge in [0.05, 0.1) is 42.2 Å².